The van der Waals surface area contributed by atoms with Gasteiger partial charge in [0.25, 0.3) is 0 Å². The number of anilines is 1. The van der Waals surface area contributed by atoms with Gasteiger partial charge in [-0.1, -0.05) is 0 Å². The lowest BCUT2D eigenvalue weighted by Gasteiger charge is -2.25. The van der Waals surface area contributed by atoms with Gasteiger partial charge in [0.2, 0.25) is 5.95 Å². The number of rotatable bonds is 2. The molecule has 3 heterocycles. The third kappa shape index (κ3) is 2.01. The van der Waals surface area contributed by atoms with E-state index in [4.69, 9.17) is 4.74 Å². The number of hydrogen-bond donors (Lipinski definition) is 2. The van der Waals surface area contributed by atoms with Crippen molar-refractivity contribution < 1.29 is 4.74 Å². The number of aromatic nitrogens is 5. The molecule has 0 radical (unpaired) electrons. The lowest BCUT2D eigenvalue weighted by Crippen LogP contribution is -2.36. The molecular weight excluding hydrogens is 220 g/mol. The molecule has 0 unspecified atom stereocenters. The summed E-state index contributed by atoms with van der Waals surface area (Å²) >= 11 is 0. The van der Waals surface area contributed by atoms with Crippen molar-refractivity contribution in [1.82, 2.24) is 25.4 Å². The molecule has 2 N–H and O–H groups in total. The molecule has 90 valence electrons. The molecule has 0 atom stereocenters. The van der Waals surface area contributed by atoms with E-state index in [1.807, 2.05) is 13.0 Å². The zero-order chi connectivity index (χ0) is 11.7. The number of aromatic amines is 2. The van der Waals surface area contributed by atoms with E-state index in [2.05, 4.69) is 30.3 Å². The third-order valence-electron chi connectivity index (χ3n) is 2.72. The Morgan fingerprint density at radius 3 is 2.76 bits per heavy atom. The van der Waals surface area contributed by atoms with Crippen molar-refractivity contribution in [3.8, 4) is 11.5 Å². The van der Waals surface area contributed by atoms with Crippen molar-refractivity contribution in [2.75, 3.05) is 31.2 Å². The molecule has 2 aromatic rings. The molecule has 0 bridgehead atoms. The van der Waals surface area contributed by atoms with E-state index < -0.39 is 0 Å². The Balaban J connectivity index is 1.82. The van der Waals surface area contributed by atoms with Crippen molar-refractivity contribution in [2.24, 2.45) is 0 Å². The first kappa shape index (κ1) is 10.3. The van der Waals surface area contributed by atoms with E-state index in [9.17, 15) is 0 Å². The molecule has 1 fully saturated rings. The van der Waals surface area contributed by atoms with Gasteiger partial charge >= 0.3 is 0 Å². The first-order valence-electron chi connectivity index (χ1n) is 5.60. The van der Waals surface area contributed by atoms with Crippen molar-refractivity contribution in [2.45, 2.75) is 6.92 Å². The van der Waals surface area contributed by atoms with E-state index in [0.29, 0.717) is 11.8 Å². The first-order chi connectivity index (χ1) is 8.33. The highest BCUT2D eigenvalue weighted by Gasteiger charge is 2.16. The van der Waals surface area contributed by atoms with Gasteiger partial charge in [-0.15, -0.1) is 5.10 Å². The highest BCUT2D eigenvalue weighted by Crippen LogP contribution is 2.16. The van der Waals surface area contributed by atoms with E-state index in [1.165, 1.54) is 0 Å². The maximum absolute atomic E-state index is 5.29. The molecule has 3 rings (SSSR count). The maximum Gasteiger partial charge on any atom is 0.245 e. The van der Waals surface area contributed by atoms with Gasteiger partial charge in [0.15, 0.2) is 5.82 Å². The van der Waals surface area contributed by atoms with Crippen LogP contribution in [0.2, 0.25) is 0 Å². The minimum atomic E-state index is 0.691. The Bertz CT molecular complexity index is 498. The normalized spacial score (nSPS) is 16.4. The summed E-state index contributed by atoms with van der Waals surface area (Å²) < 4.78 is 5.29. The second-order valence-corrected chi connectivity index (χ2v) is 4.02. The lowest BCUT2D eigenvalue weighted by molar-refractivity contribution is 0.122. The van der Waals surface area contributed by atoms with E-state index in [-0.39, 0.29) is 0 Å². The molecule has 0 spiro atoms. The van der Waals surface area contributed by atoms with Crippen LogP contribution in [-0.2, 0) is 4.74 Å². The summed E-state index contributed by atoms with van der Waals surface area (Å²) in [6.07, 6.45) is 0. The molecule has 0 aliphatic carbocycles. The fraction of sp³-hybridized carbons (Fsp3) is 0.500. The number of morpholine rings is 1. The number of hydrogen-bond acceptors (Lipinski definition) is 5. The van der Waals surface area contributed by atoms with Crippen molar-refractivity contribution >= 4 is 5.95 Å². The molecule has 1 aliphatic heterocycles. The van der Waals surface area contributed by atoms with Crippen molar-refractivity contribution in [3.05, 3.63) is 11.8 Å². The van der Waals surface area contributed by atoms with Crippen LogP contribution in [0.4, 0.5) is 5.95 Å². The predicted octanol–water partition coefficient (Wildman–Crippen LogP) is 0.340. The van der Waals surface area contributed by atoms with Crippen LogP contribution < -0.4 is 4.90 Å². The Morgan fingerprint density at radius 1 is 1.24 bits per heavy atom. The largest absolute Gasteiger partial charge is 0.378 e. The summed E-state index contributed by atoms with van der Waals surface area (Å²) in [4.78, 5) is 6.54. The number of ether oxygens (including phenoxy) is 1. The molecule has 1 saturated heterocycles. The molecule has 7 heteroatoms. The van der Waals surface area contributed by atoms with E-state index in [0.717, 1.165) is 37.7 Å². The first-order valence-corrected chi connectivity index (χ1v) is 5.60. The zero-order valence-corrected chi connectivity index (χ0v) is 9.60. The third-order valence-corrected chi connectivity index (χ3v) is 2.72. The summed E-state index contributed by atoms with van der Waals surface area (Å²) in [6, 6.07) is 1.93. The van der Waals surface area contributed by atoms with Gasteiger partial charge in [-0.2, -0.15) is 10.1 Å². The SMILES string of the molecule is Cc1cc(-c2nc(N3CCOCC3)n[nH]2)n[nH]1. The second-order valence-electron chi connectivity index (χ2n) is 4.02. The zero-order valence-electron chi connectivity index (χ0n) is 9.60. The highest BCUT2D eigenvalue weighted by atomic mass is 16.5. The highest BCUT2D eigenvalue weighted by molar-refractivity contribution is 5.51. The molecule has 17 heavy (non-hydrogen) atoms. The maximum atomic E-state index is 5.29. The number of aryl methyl sites for hydroxylation is 1. The van der Waals surface area contributed by atoms with Gasteiger partial charge in [-0.3, -0.25) is 10.2 Å². The minimum Gasteiger partial charge on any atom is -0.378 e. The Hall–Kier alpha value is -1.89. The molecule has 0 amide bonds. The summed E-state index contributed by atoms with van der Waals surface area (Å²) in [5, 5.41) is 14.1. The number of nitrogens with one attached hydrogen (secondary N) is 2. The Labute approximate surface area is 98.2 Å². The molecule has 1 aliphatic rings. The van der Waals surface area contributed by atoms with Gasteiger partial charge in [-0.25, -0.2) is 0 Å². The van der Waals surface area contributed by atoms with Gasteiger partial charge in [-0.05, 0) is 13.0 Å². The Morgan fingerprint density at radius 2 is 2.06 bits per heavy atom. The Kier molecular flexibility index (Phi) is 2.52. The topological polar surface area (TPSA) is 82.7 Å². The molecular formula is C10H14N6O. The predicted molar refractivity (Wildman–Crippen MR) is 61.7 cm³/mol. The van der Waals surface area contributed by atoms with Crippen LogP contribution in [0.3, 0.4) is 0 Å². The van der Waals surface area contributed by atoms with E-state index in [1.54, 1.807) is 0 Å². The van der Waals surface area contributed by atoms with Gasteiger partial charge < -0.3 is 9.64 Å². The molecule has 7 nitrogen and oxygen atoms in total. The second kappa shape index (κ2) is 4.17. The quantitative estimate of drug-likeness (QED) is 0.783. The summed E-state index contributed by atoms with van der Waals surface area (Å²) in [5.41, 5.74) is 1.79. The smallest absolute Gasteiger partial charge is 0.245 e. The van der Waals surface area contributed by atoms with E-state index >= 15 is 0 Å². The van der Waals surface area contributed by atoms with Crippen LogP contribution in [0.25, 0.3) is 11.5 Å². The van der Waals surface area contributed by atoms with Gasteiger partial charge in [0.05, 0.1) is 13.2 Å². The number of nitrogens with zero attached hydrogens (tertiary/aromatic N) is 4. The van der Waals surface area contributed by atoms with Crippen molar-refractivity contribution in [1.29, 1.82) is 0 Å². The monoisotopic (exact) mass is 234 g/mol. The van der Waals surface area contributed by atoms with Gasteiger partial charge in [0, 0.05) is 18.8 Å². The van der Waals surface area contributed by atoms with Crippen LogP contribution >= 0.6 is 0 Å². The van der Waals surface area contributed by atoms with Crippen LogP contribution in [0.1, 0.15) is 5.69 Å². The van der Waals surface area contributed by atoms with Crippen LogP contribution in [-0.4, -0.2) is 51.7 Å². The average molecular weight is 234 g/mol. The van der Waals surface area contributed by atoms with Crippen LogP contribution in [0, 0.1) is 6.92 Å². The molecule has 0 aromatic carbocycles. The van der Waals surface area contributed by atoms with Gasteiger partial charge in [0.1, 0.15) is 5.69 Å². The fourth-order valence-corrected chi connectivity index (χ4v) is 1.81. The fourth-order valence-electron chi connectivity index (χ4n) is 1.81. The summed E-state index contributed by atoms with van der Waals surface area (Å²) in [7, 11) is 0. The average Bonchev–Trinajstić information content (AvgIpc) is 2.98. The summed E-state index contributed by atoms with van der Waals surface area (Å²) in [6.45, 7) is 5.07. The van der Waals surface area contributed by atoms with Crippen LogP contribution in [0.15, 0.2) is 6.07 Å². The number of H-pyrrole nitrogens is 2. The van der Waals surface area contributed by atoms with Crippen LogP contribution in [0.5, 0.6) is 0 Å². The van der Waals surface area contributed by atoms with Crippen molar-refractivity contribution in [3.63, 3.8) is 0 Å². The molecule has 2 aromatic heterocycles. The standard InChI is InChI=1S/C10H14N6O/c1-7-6-8(13-12-7)9-11-10(15-14-9)16-2-4-17-5-3-16/h6H,2-5H2,1H3,(H,12,13)(H,11,14,15). The lowest BCUT2D eigenvalue weighted by atomic mass is 10.3. The summed E-state index contributed by atoms with van der Waals surface area (Å²) in [5.74, 6) is 1.40. The molecule has 0 saturated carbocycles. The minimum absolute atomic E-state index is 0.691.